The van der Waals surface area contributed by atoms with Crippen LogP contribution in [0.15, 0.2) is 18.2 Å². The molecule has 1 aromatic carbocycles. The quantitative estimate of drug-likeness (QED) is 0.877. The van der Waals surface area contributed by atoms with Gasteiger partial charge in [0.25, 0.3) is 0 Å². The molecule has 0 bridgehead atoms. The monoisotopic (exact) mass is 263 g/mol. The maximum atomic E-state index is 10.4. The van der Waals surface area contributed by atoms with Crippen LogP contribution in [0.2, 0.25) is 0 Å². The second kappa shape index (κ2) is 6.04. The highest BCUT2D eigenvalue weighted by molar-refractivity contribution is 5.32. The fourth-order valence-electron chi connectivity index (χ4n) is 2.61. The van der Waals surface area contributed by atoms with Gasteiger partial charge in [-0.05, 0) is 31.9 Å². The molecule has 1 atom stereocenters. The minimum absolute atomic E-state index is 0.256. The SMILES string of the molecule is Cc1ccc(C)c(C(C)NCC2(O)CCOCC2)c1. The van der Waals surface area contributed by atoms with E-state index < -0.39 is 5.60 Å². The Labute approximate surface area is 116 Å². The van der Waals surface area contributed by atoms with Crippen LogP contribution < -0.4 is 5.32 Å². The first-order valence-corrected chi connectivity index (χ1v) is 7.11. The van der Waals surface area contributed by atoms with E-state index in [9.17, 15) is 5.11 Å². The largest absolute Gasteiger partial charge is 0.388 e. The van der Waals surface area contributed by atoms with Crippen LogP contribution in [0.1, 0.15) is 42.5 Å². The predicted octanol–water partition coefficient (Wildman–Crippen LogP) is 2.50. The molecular weight excluding hydrogens is 238 g/mol. The maximum Gasteiger partial charge on any atom is 0.0815 e. The van der Waals surface area contributed by atoms with Gasteiger partial charge in [0.05, 0.1) is 5.60 Å². The van der Waals surface area contributed by atoms with Gasteiger partial charge in [-0.25, -0.2) is 0 Å². The van der Waals surface area contributed by atoms with Gasteiger partial charge in [-0.2, -0.15) is 0 Å². The van der Waals surface area contributed by atoms with Gasteiger partial charge in [0, 0.05) is 38.6 Å². The van der Waals surface area contributed by atoms with Gasteiger partial charge in [0.2, 0.25) is 0 Å². The average Bonchev–Trinajstić information content (AvgIpc) is 2.40. The molecule has 0 aliphatic carbocycles. The molecule has 0 radical (unpaired) electrons. The van der Waals surface area contributed by atoms with Crippen molar-refractivity contribution >= 4 is 0 Å². The molecular formula is C16H25NO2. The number of aliphatic hydroxyl groups is 1. The van der Waals surface area contributed by atoms with E-state index >= 15 is 0 Å². The van der Waals surface area contributed by atoms with E-state index in [0.29, 0.717) is 19.8 Å². The lowest BCUT2D eigenvalue weighted by atomic mass is 9.93. The molecule has 1 fully saturated rings. The van der Waals surface area contributed by atoms with Crippen LogP contribution in [0.25, 0.3) is 0 Å². The van der Waals surface area contributed by atoms with Gasteiger partial charge in [0.1, 0.15) is 0 Å². The summed E-state index contributed by atoms with van der Waals surface area (Å²) >= 11 is 0. The molecule has 106 valence electrons. The van der Waals surface area contributed by atoms with Crippen LogP contribution in [-0.2, 0) is 4.74 Å². The fraction of sp³-hybridized carbons (Fsp3) is 0.625. The van der Waals surface area contributed by atoms with Crippen molar-refractivity contribution in [3.8, 4) is 0 Å². The van der Waals surface area contributed by atoms with Gasteiger partial charge >= 0.3 is 0 Å². The van der Waals surface area contributed by atoms with Gasteiger partial charge in [-0.15, -0.1) is 0 Å². The predicted molar refractivity (Wildman–Crippen MR) is 77.3 cm³/mol. The minimum atomic E-state index is -0.607. The summed E-state index contributed by atoms with van der Waals surface area (Å²) in [4.78, 5) is 0. The number of benzene rings is 1. The molecule has 1 aromatic rings. The van der Waals surface area contributed by atoms with Crippen molar-refractivity contribution in [2.45, 2.75) is 45.3 Å². The highest BCUT2D eigenvalue weighted by atomic mass is 16.5. The zero-order valence-corrected chi connectivity index (χ0v) is 12.2. The van der Waals surface area contributed by atoms with Crippen LogP contribution in [0.3, 0.4) is 0 Å². The molecule has 2 N–H and O–H groups in total. The first kappa shape index (κ1) is 14.5. The average molecular weight is 263 g/mol. The zero-order chi connectivity index (χ0) is 13.9. The number of nitrogens with one attached hydrogen (secondary N) is 1. The molecule has 0 saturated carbocycles. The van der Waals surface area contributed by atoms with Crippen molar-refractivity contribution in [2.24, 2.45) is 0 Å². The Morgan fingerprint density at radius 3 is 2.68 bits per heavy atom. The second-order valence-electron chi connectivity index (χ2n) is 5.80. The molecule has 1 saturated heterocycles. The van der Waals surface area contributed by atoms with Crippen molar-refractivity contribution in [3.05, 3.63) is 34.9 Å². The third-order valence-electron chi connectivity index (χ3n) is 4.06. The van der Waals surface area contributed by atoms with Crippen molar-refractivity contribution in [1.82, 2.24) is 5.32 Å². The summed E-state index contributed by atoms with van der Waals surface area (Å²) in [6.07, 6.45) is 1.44. The number of hydrogen-bond acceptors (Lipinski definition) is 3. The van der Waals surface area contributed by atoms with Crippen molar-refractivity contribution < 1.29 is 9.84 Å². The molecule has 0 amide bonds. The Kier molecular flexibility index (Phi) is 4.61. The van der Waals surface area contributed by atoms with Crippen LogP contribution in [0.4, 0.5) is 0 Å². The van der Waals surface area contributed by atoms with Gasteiger partial charge in [-0.1, -0.05) is 23.8 Å². The molecule has 19 heavy (non-hydrogen) atoms. The second-order valence-corrected chi connectivity index (χ2v) is 5.80. The smallest absolute Gasteiger partial charge is 0.0815 e. The van der Waals surface area contributed by atoms with Crippen LogP contribution in [0.5, 0.6) is 0 Å². The molecule has 3 nitrogen and oxygen atoms in total. The summed E-state index contributed by atoms with van der Waals surface area (Å²) in [6.45, 7) is 8.36. The molecule has 2 rings (SSSR count). The van der Waals surface area contributed by atoms with E-state index in [1.54, 1.807) is 0 Å². The van der Waals surface area contributed by atoms with E-state index in [0.717, 1.165) is 12.8 Å². The Morgan fingerprint density at radius 1 is 1.32 bits per heavy atom. The van der Waals surface area contributed by atoms with Gasteiger partial charge < -0.3 is 15.2 Å². The Morgan fingerprint density at radius 2 is 2.00 bits per heavy atom. The standard InChI is InChI=1S/C16H25NO2/c1-12-4-5-13(2)15(10-12)14(3)17-11-16(18)6-8-19-9-7-16/h4-5,10,14,17-18H,6-9,11H2,1-3H3. The summed E-state index contributed by atoms with van der Waals surface area (Å²) in [5.41, 5.74) is 3.28. The lowest BCUT2D eigenvalue weighted by Gasteiger charge is -2.33. The number of ether oxygens (including phenoxy) is 1. The molecule has 1 aliphatic rings. The topological polar surface area (TPSA) is 41.5 Å². The molecule has 1 unspecified atom stereocenters. The molecule has 1 heterocycles. The van der Waals surface area contributed by atoms with E-state index in [1.807, 2.05) is 0 Å². The van der Waals surface area contributed by atoms with Crippen LogP contribution in [-0.4, -0.2) is 30.5 Å². The van der Waals surface area contributed by atoms with Crippen molar-refractivity contribution in [2.75, 3.05) is 19.8 Å². The first-order chi connectivity index (χ1) is 9.00. The fourth-order valence-corrected chi connectivity index (χ4v) is 2.61. The molecule has 1 aliphatic heterocycles. The third kappa shape index (κ3) is 3.78. The third-order valence-corrected chi connectivity index (χ3v) is 4.06. The van der Waals surface area contributed by atoms with Crippen LogP contribution >= 0.6 is 0 Å². The van der Waals surface area contributed by atoms with E-state index in [1.165, 1.54) is 16.7 Å². The minimum Gasteiger partial charge on any atom is -0.388 e. The Balaban J connectivity index is 1.97. The van der Waals surface area contributed by atoms with E-state index in [-0.39, 0.29) is 6.04 Å². The highest BCUT2D eigenvalue weighted by Gasteiger charge is 2.29. The molecule has 0 aromatic heterocycles. The number of aryl methyl sites for hydroxylation is 2. The summed E-state index contributed by atoms with van der Waals surface area (Å²) in [5, 5.41) is 13.9. The first-order valence-electron chi connectivity index (χ1n) is 7.11. The van der Waals surface area contributed by atoms with E-state index in [2.05, 4.69) is 44.3 Å². The number of hydrogen-bond donors (Lipinski definition) is 2. The summed E-state index contributed by atoms with van der Waals surface area (Å²) < 4.78 is 5.30. The normalized spacial score (nSPS) is 20.2. The number of rotatable bonds is 4. The van der Waals surface area contributed by atoms with Gasteiger partial charge in [0.15, 0.2) is 0 Å². The molecule has 3 heteroatoms. The summed E-state index contributed by atoms with van der Waals surface area (Å²) in [7, 11) is 0. The lowest BCUT2D eigenvalue weighted by Crippen LogP contribution is -2.45. The van der Waals surface area contributed by atoms with Crippen LogP contribution in [0, 0.1) is 13.8 Å². The lowest BCUT2D eigenvalue weighted by molar-refractivity contribution is -0.0626. The Hall–Kier alpha value is -0.900. The summed E-state index contributed by atoms with van der Waals surface area (Å²) in [5.74, 6) is 0. The van der Waals surface area contributed by atoms with Gasteiger partial charge in [-0.3, -0.25) is 0 Å². The van der Waals surface area contributed by atoms with Crippen molar-refractivity contribution in [3.63, 3.8) is 0 Å². The van der Waals surface area contributed by atoms with E-state index in [4.69, 9.17) is 4.74 Å². The molecule has 0 spiro atoms. The highest BCUT2D eigenvalue weighted by Crippen LogP contribution is 2.23. The zero-order valence-electron chi connectivity index (χ0n) is 12.2. The van der Waals surface area contributed by atoms with Crippen molar-refractivity contribution in [1.29, 1.82) is 0 Å². The summed E-state index contributed by atoms with van der Waals surface area (Å²) in [6, 6.07) is 6.77. The maximum absolute atomic E-state index is 10.4. The Bertz CT molecular complexity index is 425.